The molecule has 1 N–H and O–H groups in total. The Morgan fingerprint density at radius 1 is 1.24 bits per heavy atom. The molecule has 0 bridgehead atoms. The summed E-state index contributed by atoms with van der Waals surface area (Å²) >= 11 is 0. The monoisotopic (exact) mass is 397 g/mol. The van der Waals surface area contributed by atoms with Crippen molar-refractivity contribution >= 4 is 17.5 Å². The molecule has 4 rings (SSSR count). The van der Waals surface area contributed by atoms with Gasteiger partial charge in [0.25, 0.3) is 0 Å². The smallest absolute Gasteiger partial charge is 0.225 e. The molecule has 29 heavy (non-hydrogen) atoms. The first-order valence-corrected chi connectivity index (χ1v) is 10.8. The van der Waals surface area contributed by atoms with E-state index in [1.165, 1.54) is 0 Å². The minimum atomic E-state index is 0.0615. The Balaban J connectivity index is 1.51. The molecular formula is C22H31N5O2. The fraction of sp³-hybridized carbons (Fsp3) is 0.636. The number of amides is 2. The number of fused-ring (bicyclic) bond motifs is 1. The number of aryl methyl sites for hydroxylation is 2. The third-order valence-corrected chi connectivity index (χ3v) is 6.08. The molecule has 1 aliphatic heterocycles. The number of aromatic nitrogens is 3. The van der Waals surface area contributed by atoms with Gasteiger partial charge in [-0.3, -0.25) is 9.59 Å². The van der Waals surface area contributed by atoms with Crippen LogP contribution >= 0.6 is 0 Å². The van der Waals surface area contributed by atoms with Gasteiger partial charge in [0.1, 0.15) is 0 Å². The topological polar surface area (TPSA) is 79.6 Å². The van der Waals surface area contributed by atoms with Gasteiger partial charge in [-0.2, -0.15) is 5.10 Å². The van der Waals surface area contributed by atoms with Crippen LogP contribution in [-0.4, -0.2) is 50.4 Å². The molecule has 0 radical (unpaired) electrons. The molecule has 1 atom stereocenters. The highest BCUT2D eigenvalue weighted by Crippen LogP contribution is 2.35. The van der Waals surface area contributed by atoms with Crippen LogP contribution in [0.2, 0.25) is 0 Å². The number of nitrogens with one attached hydrogen (secondary N) is 1. The third-order valence-electron chi connectivity index (χ3n) is 6.08. The maximum atomic E-state index is 12.3. The van der Waals surface area contributed by atoms with Crippen molar-refractivity contribution in [1.82, 2.24) is 24.8 Å². The summed E-state index contributed by atoms with van der Waals surface area (Å²) in [6, 6.07) is 2.21. The molecule has 0 unspecified atom stereocenters. The highest BCUT2D eigenvalue weighted by molar-refractivity contribution is 5.81. The molecular weight excluding hydrogens is 366 g/mol. The predicted octanol–water partition coefficient (Wildman–Crippen LogP) is 2.53. The van der Waals surface area contributed by atoms with Crippen molar-refractivity contribution in [3.8, 4) is 0 Å². The Bertz CT molecular complexity index is 944. The van der Waals surface area contributed by atoms with E-state index in [0.717, 1.165) is 60.6 Å². The quantitative estimate of drug-likeness (QED) is 0.812. The van der Waals surface area contributed by atoms with Gasteiger partial charge in [0.2, 0.25) is 11.8 Å². The second-order valence-corrected chi connectivity index (χ2v) is 8.87. The van der Waals surface area contributed by atoms with Crippen LogP contribution < -0.4 is 5.32 Å². The number of carbonyl (C=O) groups excluding carboxylic acids is 2. The molecule has 156 valence electrons. The molecule has 0 aromatic carbocycles. The van der Waals surface area contributed by atoms with Crippen LogP contribution in [0.25, 0.3) is 5.65 Å². The van der Waals surface area contributed by atoms with Gasteiger partial charge in [0.05, 0.1) is 5.69 Å². The third kappa shape index (κ3) is 4.14. The molecule has 1 saturated carbocycles. The number of likely N-dealkylation sites (tertiary alicyclic amines) is 1. The van der Waals surface area contributed by atoms with Crippen LogP contribution in [0.3, 0.4) is 0 Å². The summed E-state index contributed by atoms with van der Waals surface area (Å²) < 4.78 is 1.91. The predicted molar refractivity (Wildman–Crippen MR) is 111 cm³/mol. The fourth-order valence-corrected chi connectivity index (χ4v) is 4.33. The van der Waals surface area contributed by atoms with E-state index in [-0.39, 0.29) is 23.8 Å². The molecule has 3 heterocycles. The Kier molecular flexibility index (Phi) is 5.32. The first kappa shape index (κ1) is 19.9. The molecule has 2 fully saturated rings. The van der Waals surface area contributed by atoms with E-state index in [4.69, 9.17) is 10.1 Å². The first-order valence-electron chi connectivity index (χ1n) is 10.8. The fourth-order valence-electron chi connectivity index (χ4n) is 4.33. The second kappa shape index (κ2) is 7.76. The van der Waals surface area contributed by atoms with Crippen LogP contribution in [0.4, 0.5) is 0 Å². The molecule has 2 aromatic heterocycles. The van der Waals surface area contributed by atoms with E-state index in [1.54, 1.807) is 0 Å². The van der Waals surface area contributed by atoms with Crippen molar-refractivity contribution in [2.45, 2.75) is 71.8 Å². The Morgan fingerprint density at radius 3 is 2.69 bits per heavy atom. The number of rotatable bonds is 6. The van der Waals surface area contributed by atoms with Crippen molar-refractivity contribution < 1.29 is 9.59 Å². The van der Waals surface area contributed by atoms with Crippen LogP contribution in [-0.2, 0) is 16.0 Å². The van der Waals surface area contributed by atoms with E-state index in [0.29, 0.717) is 18.7 Å². The molecule has 1 aliphatic carbocycles. The molecule has 2 aromatic rings. The summed E-state index contributed by atoms with van der Waals surface area (Å²) in [5.41, 5.74) is 4.94. The van der Waals surface area contributed by atoms with E-state index in [9.17, 15) is 9.59 Å². The summed E-state index contributed by atoms with van der Waals surface area (Å²) in [7, 11) is 0. The van der Waals surface area contributed by atoms with Crippen molar-refractivity contribution in [1.29, 1.82) is 0 Å². The van der Waals surface area contributed by atoms with Gasteiger partial charge in [0, 0.05) is 54.8 Å². The average Bonchev–Trinajstić information content (AvgIpc) is 3.22. The van der Waals surface area contributed by atoms with Gasteiger partial charge in [-0.25, -0.2) is 9.50 Å². The summed E-state index contributed by atoms with van der Waals surface area (Å²) in [5, 5.41) is 7.78. The van der Waals surface area contributed by atoms with Crippen molar-refractivity contribution in [2.75, 3.05) is 13.1 Å². The summed E-state index contributed by atoms with van der Waals surface area (Å²) in [5.74, 6) is 0.936. The lowest BCUT2D eigenvalue weighted by molar-refractivity contribution is -0.131. The zero-order valence-electron chi connectivity index (χ0n) is 17.9. The van der Waals surface area contributed by atoms with E-state index in [2.05, 4.69) is 11.4 Å². The van der Waals surface area contributed by atoms with Crippen LogP contribution in [0, 0.1) is 19.8 Å². The zero-order chi connectivity index (χ0) is 20.7. The second-order valence-electron chi connectivity index (χ2n) is 8.87. The van der Waals surface area contributed by atoms with Gasteiger partial charge in [-0.1, -0.05) is 0 Å². The number of hydrogen-bond acceptors (Lipinski definition) is 4. The maximum absolute atomic E-state index is 12.3. The normalized spacial score (nSPS) is 19.3. The minimum Gasteiger partial charge on any atom is -0.354 e. The average molecular weight is 398 g/mol. The van der Waals surface area contributed by atoms with Gasteiger partial charge in [-0.05, 0) is 58.9 Å². The Hall–Kier alpha value is -2.44. The van der Waals surface area contributed by atoms with Gasteiger partial charge < -0.3 is 10.2 Å². The summed E-state index contributed by atoms with van der Waals surface area (Å²) in [4.78, 5) is 31.2. The molecule has 7 nitrogen and oxygen atoms in total. The van der Waals surface area contributed by atoms with Gasteiger partial charge in [0.15, 0.2) is 5.65 Å². The number of nitrogens with zero attached hydrogens (tertiary/aromatic N) is 4. The van der Waals surface area contributed by atoms with Crippen LogP contribution in [0.5, 0.6) is 0 Å². The highest BCUT2D eigenvalue weighted by Gasteiger charge is 2.37. The molecule has 2 amide bonds. The Labute approximate surface area is 171 Å². The standard InChI is InChI=1S/C22H31N5O2/c1-13(2)23-21(28)8-7-18-14(3)24-20-11-19(25-27(20)15(18)4)17-9-10-26(12-17)22(29)16-5-6-16/h11,13,16-17H,5-10,12H2,1-4H3,(H,23,28)/t17-/m1/s1. The van der Waals surface area contributed by atoms with Crippen molar-refractivity contribution in [3.63, 3.8) is 0 Å². The maximum Gasteiger partial charge on any atom is 0.225 e. The van der Waals surface area contributed by atoms with Gasteiger partial charge in [-0.15, -0.1) is 0 Å². The van der Waals surface area contributed by atoms with Crippen LogP contribution in [0.1, 0.15) is 68.1 Å². The number of hydrogen-bond donors (Lipinski definition) is 1. The lowest BCUT2D eigenvalue weighted by atomic mass is 10.1. The molecule has 2 aliphatic rings. The lowest BCUT2D eigenvalue weighted by Crippen LogP contribution is -2.30. The van der Waals surface area contributed by atoms with E-state index < -0.39 is 0 Å². The summed E-state index contributed by atoms with van der Waals surface area (Å²) in [6.45, 7) is 9.58. The minimum absolute atomic E-state index is 0.0615. The lowest BCUT2D eigenvalue weighted by Gasteiger charge is -2.15. The number of carbonyl (C=O) groups is 2. The zero-order valence-corrected chi connectivity index (χ0v) is 17.9. The molecule has 7 heteroatoms. The SMILES string of the molecule is Cc1nc2cc([C@@H]3CCN(C(=O)C4CC4)C3)nn2c(C)c1CCC(=O)NC(C)C. The Morgan fingerprint density at radius 2 is 2.00 bits per heavy atom. The van der Waals surface area contributed by atoms with E-state index in [1.807, 2.05) is 37.1 Å². The van der Waals surface area contributed by atoms with Gasteiger partial charge >= 0.3 is 0 Å². The molecule has 1 saturated heterocycles. The highest BCUT2D eigenvalue weighted by atomic mass is 16.2. The largest absolute Gasteiger partial charge is 0.354 e. The van der Waals surface area contributed by atoms with E-state index >= 15 is 0 Å². The summed E-state index contributed by atoms with van der Waals surface area (Å²) in [6.07, 6.45) is 4.16. The first-order chi connectivity index (χ1) is 13.8. The van der Waals surface area contributed by atoms with Crippen molar-refractivity contribution in [3.05, 3.63) is 28.7 Å². The van der Waals surface area contributed by atoms with Crippen molar-refractivity contribution in [2.24, 2.45) is 5.92 Å². The molecule has 0 spiro atoms. The van der Waals surface area contributed by atoms with Crippen LogP contribution in [0.15, 0.2) is 6.07 Å².